The number of fused-ring (bicyclic) bond motifs is 1. The van der Waals surface area contributed by atoms with Crippen LogP contribution in [0.4, 0.5) is 24.8 Å². The second-order valence-corrected chi connectivity index (χ2v) is 10.6. The van der Waals surface area contributed by atoms with E-state index in [1.54, 1.807) is 30.5 Å². The number of H-pyrrole nitrogens is 1. The summed E-state index contributed by atoms with van der Waals surface area (Å²) in [5, 5.41) is 16.7. The molecule has 6 N–H and O–H groups in total. The highest BCUT2D eigenvalue weighted by Crippen LogP contribution is 2.32. The number of pyridine rings is 2. The number of unbranched alkanes of at least 4 members (excludes halogenated alkanes) is 3. The minimum Gasteiger partial charge on any atom is -0.383 e. The summed E-state index contributed by atoms with van der Waals surface area (Å²) in [4.78, 5) is 32.8. The number of halogens is 3. The first-order valence-electron chi connectivity index (χ1n) is 14.5. The monoisotopic (exact) mass is 606 g/mol. The van der Waals surface area contributed by atoms with Crippen molar-refractivity contribution in [3.63, 3.8) is 0 Å². The predicted molar refractivity (Wildman–Crippen MR) is 162 cm³/mol. The van der Waals surface area contributed by atoms with E-state index < -0.39 is 17.6 Å². The third-order valence-corrected chi connectivity index (χ3v) is 7.42. The SMILES string of the molecule is Nc1ncc(/C=C/CCCCCNC(=O)C2CCCN2)c2n[nH]c(-c3ccc(C(=O)Nc4cc(C(F)(F)F)ccn4)cc3)c12. The number of nitrogen functional groups attached to an aromatic ring is 1. The molecule has 1 unspecified atom stereocenters. The van der Waals surface area contributed by atoms with Crippen LogP contribution in [0.1, 0.15) is 60.0 Å². The molecule has 1 atom stereocenters. The van der Waals surface area contributed by atoms with Crippen molar-refractivity contribution in [1.82, 2.24) is 30.8 Å². The minimum absolute atomic E-state index is 0.0457. The second kappa shape index (κ2) is 13.7. The molecule has 1 aliphatic heterocycles. The van der Waals surface area contributed by atoms with E-state index in [1.807, 2.05) is 6.08 Å². The van der Waals surface area contributed by atoms with Gasteiger partial charge in [-0.3, -0.25) is 14.7 Å². The van der Waals surface area contributed by atoms with E-state index in [2.05, 4.69) is 42.2 Å². The van der Waals surface area contributed by atoms with E-state index in [1.165, 1.54) is 0 Å². The molecule has 1 aliphatic rings. The molecule has 0 aliphatic carbocycles. The molecule has 0 spiro atoms. The first kappa shape index (κ1) is 30.7. The normalized spacial score (nSPS) is 15.2. The fourth-order valence-electron chi connectivity index (χ4n) is 5.07. The summed E-state index contributed by atoms with van der Waals surface area (Å²) in [5.74, 6) is -0.409. The number of nitrogens with two attached hydrogens (primary N) is 1. The lowest BCUT2D eigenvalue weighted by molar-refractivity contribution is -0.137. The van der Waals surface area contributed by atoms with Crippen LogP contribution in [-0.4, -0.2) is 51.1 Å². The number of aromatic amines is 1. The number of nitrogens with one attached hydrogen (secondary N) is 4. The highest BCUT2D eigenvalue weighted by molar-refractivity contribution is 6.05. The van der Waals surface area contributed by atoms with Gasteiger partial charge in [-0.25, -0.2) is 9.97 Å². The number of benzene rings is 1. The number of rotatable bonds is 11. The lowest BCUT2D eigenvalue weighted by Crippen LogP contribution is -2.40. The molecule has 3 aromatic heterocycles. The van der Waals surface area contributed by atoms with Crippen molar-refractivity contribution in [1.29, 1.82) is 0 Å². The lowest BCUT2D eigenvalue weighted by Gasteiger charge is -2.10. The van der Waals surface area contributed by atoms with Crippen molar-refractivity contribution in [3.05, 3.63) is 71.6 Å². The van der Waals surface area contributed by atoms with Gasteiger partial charge in [0.25, 0.3) is 5.91 Å². The van der Waals surface area contributed by atoms with Crippen molar-refractivity contribution in [2.75, 3.05) is 24.1 Å². The van der Waals surface area contributed by atoms with Crippen LogP contribution in [0.2, 0.25) is 0 Å². The predicted octanol–water partition coefficient (Wildman–Crippen LogP) is 5.32. The average molecular weight is 607 g/mol. The van der Waals surface area contributed by atoms with Gasteiger partial charge in [0.05, 0.1) is 22.7 Å². The number of allylic oxidation sites excluding steroid dienone is 1. The molecule has 230 valence electrons. The Morgan fingerprint density at radius 2 is 1.91 bits per heavy atom. The van der Waals surface area contributed by atoms with Crippen molar-refractivity contribution in [3.8, 4) is 11.3 Å². The van der Waals surface area contributed by atoms with Gasteiger partial charge in [0.15, 0.2) is 0 Å². The number of hydrogen-bond donors (Lipinski definition) is 5. The van der Waals surface area contributed by atoms with Gasteiger partial charge in [-0.2, -0.15) is 18.3 Å². The van der Waals surface area contributed by atoms with Crippen LogP contribution in [0.5, 0.6) is 0 Å². The Balaban J connectivity index is 1.17. The Bertz CT molecular complexity index is 1640. The van der Waals surface area contributed by atoms with Crippen molar-refractivity contribution in [2.45, 2.75) is 50.7 Å². The number of anilines is 2. The summed E-state index contributed by atoms with van der Waals surface area (Å²) in [6.45, 7) is 1.58. The number of hydrogen-bond acceptors (Lipinski definition) is 7. The quantitative estimate of drug-likeness (QED) is 0.145. The number of aromatic nitrogens is 4. The first-order valence-corrected chi connectivity index (χ1v) is 14.5. The molecule has 10 nitrogen and oxygen atoms in total. The number of carbonyl (C=O) groups excluding carboxylic acids is 2. The van der Waals surface area contributed by atoms with E-state index in [9.17, 15) is 22.8 Å². The van der Waals surface area contributed by atoms with E-state index in [0.717, 1.165) is 69.0 Å². The topological polar surface area (TPSA) is 151 Å². The molecular formula is C31H33F3N8O2. The summed E-state index contributed by atoms with van der Waals surface area (Å²) in [7, 11) is 0. The Kier molecular flexibility index (Phi) is 9.53. The summed E-state index contributed by atoms with van der Waals surface area (Å²) in [5.41, 5.74) is 8.34. The van der Waals surface area contributed by atoms with Crippen molar-refractivity contribution >= 4 is 40.4 Å². The molecule has 0 saturated carbocycles. The summed E-state index contributed by atoms with van der Waals surface area (Å²) in [6, 6.07) is 8.05. The maximum Gasteiger partial charge on any atom is 0.416 e. The van der Waals surface area contributed by atoms with Gasteiger partial charge in [0.2, 0.25) is 5.91 Å². The van der Waals surface area contributed by atoms with Gasteiger partial charge in [-0.05, 0) is 62.9 Å². The Hall–Kier alpha value is -4.78. The second-order valence-electron chi connectivity index (χ2n) is 10.6. The zero-order chi connectivity index (χ0) is 31.1. The van der Waals surface area contributed by atoms with Crippen LogP contribution in [-0.2, 0) is 11.0 Å². The standard InChI is InChI=1S/C31H33F3N8O2/c32-31(33,34)22-13-16-37-24(17-22)40-29(43)20-11-9-19(10-12-20)26-25-27(42-41-26)21(18-39-28(25)35)7-4-2-1-3-5-14-38-30(44)23-8-6-15-36-23/h4,7,9-13,16-18,23,36H,1-3,5-6,8,14-15H2,(H2,35,39)(H,38,44)(H,41,42)(H,37,40,43)/b7-4+. The van der Waals surface area contributed by atoms with Crippen LogP contribution in [0.25, 0.3) is 28.2 Å². The van der Waals surface area contributed by atoms with Crippen LogP contribution in [0.3, 0.4) is 0 Å². The van der Waals surface area contributed by atoms with Crippen LogP contribution >= 0.6 is 0 Å². The van der Waals surface area contributed by atoms with E-state index in [4.69, 9.17) is 5.73 Å². The largest absolute Gasteiger partial charge is 0.416 e. The summed E-state index contributed by atoms with van der Waals surface area (Å²) < 4.78 is 38.9. The Labute approximate surface area is 251 Å². The zero-order valence-electron chi connectivity index (χ0n) is 23.9. The van der Waals surface area contributed by atoms with Crippen LogP contribution in [0.15, 0.2) is 54.9 Å². The molecular weight excluding hydrogens is 573 g/mol. The first-order chi connectivity index (χ1) is 21.2. The Morgan fingerprint density at radius 1 is 1.09 bits per heavy atom. The smallest absolute Gasteiger partial charge is 0.383 e. The molecule has 0 bridgehead atoms. The molecule has 13 heteroatoms. The number of alkyl halides is 3. The fraction of sp³-hybridized carbons (Fsp3) is 0.323. The van der Waals surface area contributed by atoms with Gasteiger partial charge in [0.1, 0.15) is 17.2 Å². The minimum atomic E-state index is -4.54. The molecule has 4 aromatic rings. The van der Waals surface area contributed by atoms with E-state index in [0.29, 0.717) is 34.5 Å². The van der Waals surface area contributed by atoms with Crippen LogP contribution < -0.4 is 21.7 Å². The molecule has 1 fully saturated rings. The van der Waals surface area contributed by atoms with Crippen LogP contribution in [0, 0.1) is 0 Å². The molecule has 1 aromatic carbocycles. The highest BCUT2D eigenvalue weighted by Gasteiger charge is 2.31. The third-order valence-electron chi connectivity index (χ3n) is 7.42. The Morgan fingerprint density at radius 3 is 2.66 bits per heavy atom. The van der Waals surface area contributed by atoms with Crippen molar-refractivity contribution in [2.24, 2.45) is 0 Å². The van der Waals surface area contributed by atoms with Gasteiger partial charge >= 0.3 is 6.18 Å². The average Bonchev–Trinajstić information content (AvgIpc) is 3.71. The third kappa shape index (κ3) is 7.40. The van der Waals surface area contributed by atoms with Crippen molar-refractivity contribution < 1.29 is 22.8 Å². The number of carbonyl (C=O) groups is 2. The maximum absolute atomic E-state index is 13.0. The lowest BCUT2D eigenvalue weighted by atomic mass is 10.0. The molecule has 4 heterocycles. The fourth-order valence-corrected chi connectivity index (χ4v) is 5.07. The zero-order valence-corrected chi connectivity index (χ0v) is 23.9. The number of amides is 2. The molecule has 44 heavy (non-hydrogen) atoms. The van der Waals surface area contributed by atoms with E-state index >= 15 is 0 Å². The molecule has 0 radical (unpaired) electrons. The van der Waals surface area contributed by atoms with Gasteiger partial charge < -0.3 is 21.7 Å². The van der Waals surface area contributed by atoms with Gasteiger partial charge in [0, 0.05) is 35.6 Å². The molecule has 2 amide bonds. The molecule has 1 saturated heterocycles. The molecule has 5 rings (SSSR count). The summed E-state index contributed by atoms with van der Waals surface area (Å²) in [6.07, 6.45) is 7.85. The highest BCUT2D eigenvalue weighted by atomic mass is 19.4. The van der Waals surface area contributed by atoms with Gasteiger partial charge in [-0.1, -0.05) is 30.7 Å². The van der Waals surface area contributed by atoms with E-state index in [-0.39, 0.29) is 23.3 Å². The summed E-state index contributed by atoms with van der Waals surface area (Å²) >= 11 is 0. The number of nitrogens with zero attached hydrogens (tertiary/aromatic N) is 3. The maximum atomic E-state index is 13.0. The van der Waals surface area contributed by atoms with Gasteiger partial charge in [-0.15, -0.1) is 0 Å².